The zero-order valence-corrected chi connectivity index (χ0v) is 14.0. The number of nitrogens with zero attached hydrogens (tertiary/aromatic N) is 1. The fourth-order valence-corrected chi connectivity index (χ4v) is 2.77. The molecule has 2 rings (SSSR count). The highest BCUT2D eigenvalue weighted by Crippen LogP contribution is 2.29. The molecule has 1 aromatic carbocycles. The Hall–Kier alpha value is -2.35. The summed E-state index contributed by atoms with van der Waals surface area (Å²) in [5.74, 6) is -1.44. The first kappa shape index (κ1) is 20.0. The van der Waals surface area contributed by atoms with Gasteiger partial charge in [0.05, 0.1) is 12.0 Å². The number of hydrogen-bond acceptors (Lipinski definition) is 3. The Bertz CT molecular complexity index is 667. The average molecular weight is 371 g/mol. The van der Waals surface area contributed by atoms with E-state index < -0.39 is 23.6 Å². The van der Waals surface area contributed by atoms with Crippen molar-refractivity contribution in [3.63, 3.8) is 0 Å². The van der Waals surface area contributed by atoms with Crippen molar-refractivity contribution in [3.05, 3.63) is 41.5 Å². The second-order valence-electron chi connectivity index (χ2n) is 5.98. The number of hydrogen-bond donors (Lipinski definition) is 1. The molecule has 5 nitrogen and oxygen atoms in total. The number of benzene rings is 1. The summed E-state index contributed by atoms with van der Waals surface area (Å²) in [4.78, 5) is 24.8. The molecule has 0 saturated carbocycles. The first-order valence-electron chi connectivity index (χ1n) is 8.23. The molecule has 1 aromatic rings. The maximum atomic E-state index is 12.7. The number of carbonyl (C=O) groups excluding carboxylic acids is 1. The molecule has 0 bridgehead atoms. The minimum atomic E-state index is -4.45. The number of carboxylic acids is 1. The van der Waals surface area contributed by atoms with E-state index in [1.54, 1.807) is 0 Å². The van der Waals surface area contributed by atoms with Crippen LogP contribution in [0.15, 0.2) is 30.3 Å². The highest BCUT2D eigenvalue weighted by atomic mass is 19.4. The van der Waals surface area contributed by atoms with Crippen molar-refractivity contribution in [3.8, 4) is 0 Å². The molecule has 1 amide bonds. The molecule has 0 atom stereocenters. The number of amides is 1. The summed E-state index contributed by atoms with van der Waals surface area (Å²) in [5, 5.41) is 8.87. The zero-order chi connectivity index (χ0) is 19.2. The van der Waals surface area contributed by atoms with Crippen LogP contribution in [-0.2, 0) is 20.5 Å². The zero-order valence-electron chi connectivity index (χ0n) is 14.0. The Morgan fingerprint density at radius 3 is 2.58 bits per heavy atom. The molecule has 8 heteroatoms. The van der Waals surface area contributed by atoms with Crippen molar-refractivity contribution >= 4 is 18.0 Å². The Balaban J connectivity index is 2.12. The van der Waals surface area contributed by atoms with Crippen LogP contribution in [0.1, 0.15) is 30.4 Å². The highest BCUT2D eigenvalue weighted by Gasteiger charge is 2.30. The summed E-state index contributed by atoms with van der Waals surface area (Å²) in [5.41, 5.74) is -0.544. The fraction of sp³-hybridized carbons (Fsp3) is 0.444. The van der Waals surface area contributed by atoms with E-state index in [2.05, 4.69) is 0 Å². The molecular formula is C18H20F3NO4. The Morgan fingerprint density at radius 1 is 1.27 bits per heavy atom. The molecule has 0 aliphatic carbocycles. The summed E-state index contributed by atoms with van der Waals surface area (Å²) >= 11 is 0. The van der Waals surface area contributed by atoms with Gasteiger partial charge in [0, 0.05) is 31.9 Å². The molecule has 0 spiro atoms. The molecule has 26 heavy (non-hydrogen) atoms. The molecule has 1 aliphatic heterocycles. The van der Waals surface area contributed by atoms with Crippen LogP contribution in [0.2, 0.25) is 0 Å². The molecule has 1 N–H and O–H groups in total. The monoisotopic (exact) mass is 371 g/mol. The van der Waals surface area contributed by atoms with E-state index in [1.807, 2.05) is 0 Å². The number of carboxylic acid groups (broad SMARTS) is 1. The number of alkyl halides is 3. The summed E-state index contributed by atoms with van der Waals surface area (Å²) in [6, 6.07) is 4.52. The summed E-state index contributed by atoms with van der Waals surface area (Å²) < 4.78 is 43.5. The van der Waals surface area contributed by atoms with Crippen LogP contribution in [0.25, 0.3) is 6.08 Å². The Labute approximate surface area is 149 Å². The lowest BCUT2D eigenvalue weighted by atomic mass is 10.1. The average Bonchev–Trinajstić information content (AvgIpc) is 2.60. The van der Waals surface area contributed by atoms with Gasteiger partial charge in [-0.25, -0.2) is 0 Å². The third-order valence-electron chi connectivity index (χ3n) is 4.11. The standard InChI is InChI=1S/C18H20F3NO4/c19-18(20,21)14-3-1-2-13(12-14)4-5-16(23)22(9-6-17(24)25)15-7-10-26-11-8-15/h1-5,12,15H,6-11H2,(H,24,25)/b5-4+. The fourth-order valence-electron chi connectivity index (χ4n) is 2.77. The third-order valence-corrected chi connectivity index (χ3v) is 4.11. The van der Waals surface area contributed by atoms with Crippen LogP contribution in [0, 0.1) is 0 Å². The van der Waals surface area contributed by atoms with Crippen molar-refractivity contribution in [1.82, 2.24) is 4.90 Å². The number of halogens is 3. The van der Waals surface area contributed by atoms with Gasteiger partial charge in [0.25, 0.3) is 0 Å². The van der Waals surface area contributed by atoms with Gasteiger partial charge in [-0.15, -0.1) is 0 Å². The van der Waals surface area contributed by atoms with E-state index in [9.17, 15) is 22.8 Å². The molecular weight excluding hydrogens is 351 g/mol. The van der Waals surface area contributed by atoms with Crippen LogP contribution in [-0.4, -0.2) is 47.7 Å². The highest BCUT2D eigenvalue weighted by molar-refractivity contribution is 5.92. The van der Waals surface area contributed by atoms with Crippen LogP contribution < -0.4 is 0 Å². The largest absolute Gasteiger partial charge is 0.481 e. The molecule has 1 heterocycles. The van der Waals surface area contributed by atoms with Crippen LogP contribution in [0.3, 0.4) is 0 Å². The summed E-state index contributed by atoms with van der Waals surface area (Å²) in [6.45, 7) is 1.02. The molecule has 1 saturated heterocycles. The van der Waals surface area contributed by atoms with Crippen molar-refractivity contribution in [2.45, 2.75) is 31.5 Å². The normalized spacial score (nSPS) is 16.0. The van der Waals surface area contributed by atoms with Gasteiger partial charge in [0.1, 0.15) is 0 Å². The molecule has 0 radical (unpaired) electrons. The maximum Gasteiger partial charge on any atom is 0.416 e. The van der Waals surface area contributed by atoms with Crippen molar-refractivity contribution < 1.29 is 32.6 Å². The Morgan fingerprint density at radius 2 is 1.96 bits per heavy atom. The van der Waals surface area contributed by atoms with E-state index in [-0.39, 0.29) is 24.6 Å². The quantitative estimate of drug-likeness (QED) is 0.780. The first-order chi connectivity index (χ1) is 12.3. The smallest absolute Gasteiger partial charge is 0.416 e. The number of aliphatic carboxylic acids is 1. The van der Waals surface area contributed by atoms with Gasteiger partial charge in [-0.3, -0.25) is 9.59 Å². The second-order valence-corrected chi connectivity index (χ2v) is 5.98. The number of carbonyl (C=O) groups is 2. The molecule has 0 unspecified atom stereocenters. The predicted octanol–water partition coefficient (Wildman–Crippen LogP) is 3.20. The molecule has 0 aromatic heterocycles. The lowest BCUT2D eigenvalue weighted by Gasteiger charge is -2.33. The predicted molar refractivity (Wildman–Crippen MR) is 88.3 cm³/mol. The van der Waals surface area contributed by atoms with Gasteiger partial charge in [0.15, 0.2) is 0 Å². The Kier molecular flexibility index (Phi) is 6.79. The van der Waals surface area contributed by atoms with E-state index in [0.29, 0.717) is 26.1 Å². The summed E-state index contributed by atoms with van der Waals surface area (Å²) in [6.07, 6.45) is -0.951. The van der Waals surface area contributed by atoms with Crippen LogP contribution in [0.5, 0.6) is 0 Å². The SMILES string of the molecule is O=C(O)CCN(C(=O)/C=C/c1cccc(C(F)(F)F)c1)C1CCOCC1. The minimum Gasteiger partial charge on any atom is -0.481 e. The van der Waals surface area contributed by atoms with Gasteiger partial charge >= 0.3 is 12.1 Å². The van der Waals surface area contributed by atoms with E-state index in [1.165, 1.54) is 29.2 Å². The third kappa shape index (κ3) is 5.87. The van der Waals surface area contributed by atoms with Crippen LogP contribution in [0.4, 0.5) is 13.2 Å². The number of rotatable bonds is 6. The van der Waals surface area contributed by atoms with Gasteiger partial charge < -0.3 is 14.7 Å². The first-order valence-corrected chi connectivity index (χ1v) is 8.23. The molecule has 142 valence electrons. The minimum absolute atomic E-state index is 0.0474. The van der Waals surface area contributed by atoms with Crippen LogP contribution >= 0.6 is 0 Å². The maximum absolute atomic E-state index is 12.7. The lowest BCUT2D eigenvalue weighted by molar-refractivity contribution is -0.139. The lowest BCUT2D eigenvalue weighted by Crippen LogP contribution is -2.43. The van der Waals surface area contributed by atoms with Crippen molar-refractivity contribution in [1.29, 1.82) is 0 Å². The van der Waals surface area contributed by atoms with E-state index in [4.69, 9.17) is 9.84 Å². The molecule has 1 aliphatic rings. The van der Waals surface area contributed by atoms with E-state index in [0.717, 1.165) is 12.1 Å². The topological polar surface area (TPSA) is 66.8 Å². The number of ether oxygens (including phenoxy) is 1. The molecule has 1 fully saturated rings. The van der Waals surface area contributed by atoms with E-state index >= 15 is 0 Å². The van der Waals surface area contributed by atoms with Gasteiger partial charge in [-0.05, 0) is 36.6 Å². The van der Waals surface area contributed by atoms with Gasteiger partial charge in [-0.1, -0.05) is 12.1 Å². The second kappa shape index (κ2) is 8.84. The van der Waals surface area contributed by atoms with Crippen molar-refractivity contribution in [2.75, 3.05) is 19.8 Å². The summed E-state index contributed by atoms with van der Waals surface area (Å²) in [7, 11) is 0. The van der Waals surface area contributed by atoms with Gasteiger partial charge in [0.2, 0.25) is 5.91 Å². The van der Waals surface area contributed by atoms with Crippen molar-refractivity contribution in [2.24, 2.45) is 0 Å². The van der Waals surface area contributed by atoms with Gasteiger partial charge in [-0.2, -0.15) is 13.2 Å².